The number of hydrogen-bond donors (Lipinski definition) is 1. The molecular formula is C23H30N2O8. The maximum absolute atomic E-state index is 13.0. The van der Waals surface area contributed by atoms with E-state index >= 15 is 0 Å². The van der Waals surface area contributed by atoms with Gasteiger partial charge in [-0.25, -0.2) is 9.59 Å². The number of dihydropyridines is 1. The van der Waals surface area contributed by atoms with Gasteiger partial charge in [0.15, 0.2) is 0 Å². The zero-order valence-electron chi connectivity index (χ0n) is 19.3. The lowest BCUT2D eigenvalue weighted by Gasteiger charge is -2.30. The molecule has 10 heteroatoms. The second kappa shape index (κ2) is 12.7. The van der Waals surface area contributed by atoms with Gasteiger partial charge >= 0.3 is 11.9 Å². The standard InChI is InChI=1S/C23H30N2O8/c1-5-30-10-12-32-22(26)19-15(3)24-16(4)20(23(27)33-13-11-31-6-2)21(19)17-8-7-9-18(14-17)25(28)29/h7-9,14,21,24H,5-6,10-13H2,1-4H3. The first-order chi connectivity index (χ1) is 15.8. The molecule has 0 amide bonds. The quantitative estimate of drug-likeness (QED) is 0.216. The molecule has 180 valence electrons. The van der Waals surface area contributed by atoms with Crippen molar-refractivity contribution >= 4 is 17.6 Å². The Balaban J connectivity index is 2.46. The fraction of sp³-hybridized carbons (Fsp3) is 0.478. The van der Waals surface area contributed by atoms with Gasteiger partial charge in [-0.1, -0.05) is 12.1 Å². The number of rotatable bonds is 12. The average Bonchev–Trinajstić information content (AvgIpc) is 2.78. The Kier molecular flexibility index (Phi) is 10.0. The average molecular weight is 462 g/mol. The molecule has 1 aliphatic heterocycles. The number of nitrogens with one attached hydrogen (secondary N) is 1. The minimum absolute atomic E-state index is 0.0297. The van der Waals surface area contributed by atoms with Crippen LogP contribution in [0.3, 0.4) is 0 Å². The first-order valence-corrected chi connectivity index (χ1v) is 10.7. The first kappa shape index (κ1) is 26.0. The van der Waals surface area contributed by atoms with Gasteiger partial charge in [-0.3, -0.25) is 10.1 Å². The van der Waals surface area contributed by atoms with Crippen LogP contribution < -0.4 is 5.32 Å². The van der Waals surface area contributed by atoms with Gasteiger partial charge in [0.25, 0.3) is 5.69 Å². The maximum atomic E-state index is 13.0. The Morgan fingerprint density at radius 3 is 1.91 bits per heavy atom. The van der Waals surface area contributed by atoms with Crippen molar-refractivity contribution in [2.24, 2.45) is 0 Å². The summed E-state index contributed by atoms with van der Waals surface area (Å²) in [6.07, 6.45) is 0. The normalized spacial score (nSPS) is 14.2. The number of allylic oxidation sites excluding steroid dienone is 2. The largest absolute Gasteiger partial charge is 0.460 e. The highest BCUT2D eigenvalue weighted by molar-refractivity contribution is 6.00. The van der Waals surface area contributed by atoms with E-state index in [4.69, 9.17) is 18.9 Å². The van der Waals surface area contributed by atoms with Crippen LogP contribution in [0.15, 0.2) is 46.8 Å². The third kappa shape index (κ3) is 6.87. The van der Waals surface area contributed by atoms with Crippen LogP contribution in [0, 0.1) is 10.1 Å². The number of carbonyl (C=O) groups excluding carboxylic acids is 2. The zero-order valence-corrected chi connectivity index (χ0v) is 19.3. The number of carbonyl (C=O) groups is 2. The van der Waals surface area contributed by atoms with Gasteiger partial charge in [-0.2, -0.15) is 0 Å². The van der Waals surface area contributed by atoms with Crippen molar-refractivity contribution in [1.82, 2.24) is 5.32 Å². The van der Waals surface area contributed by atoms with Gasteiger partial charge in [0.1, 0.15) is 13.2 Å². The van der Waals surface area contributed by atoms with Crippen LogP contribution in [-0.2, 0) is 28.5 Å². The summed E-state index contributed by atoms with van der Waals surface area (Å²) in [5, 5.41) is 14.4. The number of non-ortho nitro benzene ring substituents is 1. The van der Waals surface area contributed by atoms with Crippen molar-refractivity contribution in [3.8, 4) is 0 Å². The Morgan fingerprint density at radius 1 is 0.939 bits per heavy atom. The summed E-state index contributed by atoms with van der Waals surface area (Å²) >= 11 is 0. The van der Waals surface area contributed by atoms with E-state index in [0.29, 0.717) is 30.2 Å². The highest BCUT2D eigenvalue weighted by atomic mass is 16.6. The van der Waals surface area contributed by atoms with E-state index in [9.17, 15) is 19.7 Å². The van der Waals surface area contributed by atoms with Crippen molar-refractivity contribution in [3.05, 3.63) is 62.5 Å². The second-order valence-electron chi connectivity index (χ2n) is 7.15. The fourth-order valence-electron chi connectivity index (χ4n) is 3.52. The smallest absolute Gasteiger partial charge is 0.336 e. The number of nitrogens with zero attached hydrogens (tertiary/aromatic N) is 1. The third-order valence-corrected chi connectivity index (χ3v) is 4.94. The molecule has 0 spiro atoms. The zero-order chi connectivity index (χ0) is 24.4. The predicted octanol–water partition coefficient (Wildman–Crippen LogP) is 2.99. The molecule has 1 aromatic rings. The summed E-state index contributed by atoms with van der Waals surface area (Å²) in [5.74, 6) is -2.21. The molecule has 1 aromatic carbocycles. The Labute approximate surface area is 192 Å². The molecule has 0 aromatic heterocycles. The van der Waals surface area contributed by atoms with E-state index in [-0.39, 0.29) is 43.3 Å². The predicted molar refractivity (Wildman–Crippen MR) is 119 cm³/mol. The van der Waals surface area contributed by atoms with Crippen molar-refractivity contribution in [3.63, 3.8) is 0 Å². The van der Waals surface area contributed by atoms with E-state index in [1.807, 2.05) is 13.8 Å². The SMILES string of the molecule is CCOCCOC(=O)C1=C(C)NC(C)=C(C(=O)OCCOCC)C1c1cccc([N+](=O)[O-])c1. The van der Waals surface area contributed by atoms with E-state index in [0.717, 1.165) is 0 Å². The summed E-state index contributed by atoms with van der Waals surface area (Å²) in [4.78, 5) is 36.9. The van der Waals surface area contributed by atoms with Crippen LogP contribution in [-0.4, -0.2) is 56.5 Å². The van der Waals surface area contributed by atoms with Crippen LogP contribution in [0.25, 0.3) is 0 Å². The van der Waals surface area contributed by atoms with E-state index in [1.54, 1.807) is 19.9 Å². The first-order valence-electron chi connectivity index (χ1n) is 10.7. The van der Waals surface area contributed by atoms with Gasteiger partial charge in [0.05, 0.1) is 35.2 Å². The Hall–Kier alpha value is -3.24. The van der Waals surface area contributed by atoms with Crippen LogP contribution in [0.1, 0.15) is 39.2 Å². The van der Waals surface area contributed by atoms with Gasteiger partial charge in [-0.15, -0.1) is 0 Å². The number of benzene rings is 1. The van der Waals surface area contributed by atoms with Crippen molar-refractivity contribution in [2.45, 2.75) is 33.6 Å². The van der Waals surface area contributed by atoms with E-state index < -0.39 is 22.8 Å². The summed E-state index contributed by atoms with van der Waals surface area (Å²) in [5.41, 5.74) is 1.56. The fourth-order valence-corrected chi connectivity index (χ4v) is 3.52. The molecule has 0 radical (unpaired) electrons. The maximum Gasteiger partial charge on any atom is 0.336 e. The molecule has 0 unspecified atom stereocenters. The van der Waals surface area contributed by atoms with Crippen molar-refractivity contribution < 1.29 is 33.5 Å². The van der Waals surface area contributed by atoms with Crippen LogP contribution in [0.5, 0.6) is 0 Å². The number of ether oxygens (including phenoxy) is 4. The van der Waals surface area contributed by atoms with Crippen LogP contribution in [0.2, 0.25) is 0 Å². The molecular weight excluding hydrogens is 432 g/mol. The van der Waals surface area contributed by atoms with Gasteiger partial charge in [-0.05, 0) is 33.3 Å². The highest BCUT2D eigenvalue weighted by Gasteiger charge is 2.38. The molecule has 1 N–H and O–H groups in total. The topological polar surface area (TPSA) is 126 Å². The molecule has 1 heterocycles. The summed E-state index contributed by atoms with van der Waals surface area (Å²) < 4.78 is 21.2. The number of esters is 2. The molecule has 0 saturated heterocycles. The van der Waals surface area contributed by atoms with Crippen molar-refractivity contribution in [1.29, 1.82) is 0 Å². The second-order valence-corrected chi connectivity index (χ2v) is 7.15. The molecule has 0 saturated carbocycles. The van der Waals surface area contributed by atoms with E-state index in [1.165, 1.54) is 18.2 Å². The highest BCUT2D eigenvalue weighted by Crippen LogP contribution is 2.40. The summed E-state index contributed by atoms with van der Waals surface area (Å²) in [6.45, 7) is 8.50. The molecule has 0 fully saturated rings. The Bertz CT molecular complexity index is 892. The molecule has 0 atom stereocenters. The molecule has 0 aliphatic carbocycles. The minimum Gasteiger partial charge on any atom is -0.460 e. The monoisotopic (exact) mass is 462 g/mol. The van der Waals surface area contributed by atoms with Crippen LogP contribution in [0.4, 0.5) is 5.69 Å². The van der Waals surface area contributed by atoms with Gasteiger partial charge in [0.2, 0.25) is 0 Å². The third-order valence-electron chi connectivity index (χ3n) is 4.94. The minimum atomic E-state index is -0.912. The molecule has 1 aliphatic rings. The van der Waals surface area contributed by atoms with Crippen molar-refractivity contribution in [2.75, 3.05) is 39.6 Å². The van der Waals surface area contributed by atoms with Gasteiger partial charge < -0.3 is 24.3 Å². The molecule has 10 nitrogen and oxygen atoms in total. The number of hydrogen-bond acceptors (Lipinski definition) is 9. The lowest BCUT2D eigenvalue weighted by Crippen LogP contribution is -2.33. The van der Waals surface area contributed by atoms with E-state index in [2.05, 4.69) is 5.32 Å². The summed E-state index contributed by atoms with van der Waals surface area (Å²) in [7, 11) is 0. The number of nitro benzene ring substituents is 1. The Morgan fingerprint density at radius 2 is 1.45 bits per heavy atom. The lowest BCUT2D eigenvalue weighted by molar-refractivity contribution is -0.384. The molecule has 33 heavy (non-hydrogen) atoms. The lowest BCUT2D eigenvalue weighted by atomic mass is 9.80. The molecule has 0 bridgehead atoms. The molecule has 2 rings (SSSR count). The van der Waals surface area contributed by atoms with Gasteiger partial charge in [0, 0.05) is 36.7 Å². The van der Waals surface area contributed by atoms with Crippen LogP contribution >= 0.6 is 0 Å². The summed E-state index contributed by atoms with van der Waals surface area (Å²) in [6, 6.07) is 5.83. The number of nitro groups is 1.